The predicted molar refractivity (Wildman–Crippen MR) is 129 cm³/mol. The number of rotatable bonds is 8. The van der Waals surface area contributed by atoms with Crippen LogP contribution < -0.4 is 0 Å². The lowest BCUT2D eigenvalue weighted by Gasteiger charge is -2.39. The summed E-state index contributed by atoms with van der Waals surface area (Å²) in [5, 5.41) is -0.00185. The fraction of sp³-hybridized carbons (Fsp3) is 0.409. The van der Waals surface area contributed by atoms with Gasteiger partial charge in [-0.15, -0.1) is 0 Å². The van der Waals surface area contributed by atoms with Gasteiger partial charge in [0.25, 0.3) is 0 Å². The van der Waals surface area contributed by atoms with Crippen molar-refractivity contribution in [3.8, 4) is 0 Å². The highest BCUT2D eigenvalue weighted by molar-refractivity contribution is 6.74. The third kappa shape index (κ3) is 8.05. The van der Waals surface area contributed by atoms with Crippen LogP contribution in [0.15, 0.2) is 36.9 Å². The molecule has 0 bridgehead atoms. The van der Waals surface area contributed by atoms with E-state index in [0.717, 1.165) is 12.2 Å². The molecule has 0 radical (unpaired) electrons. The van der Waals surface area contributed by atoms with Crippen LogP contribution in [0.25, 0.3) is 0 Å². The van der Waals surface area contributed by atoms with E-state index in [0.29, 0.717) is 0 Å². The summed E-state index contributed by atoms with van der Waals surface area (Å²) < 4.78 is 16.4. The Hall–Kier alpha value is -1.64. The van der Waals surface area contributed by atoms with Crippen molar-refractivity contribution in [1.29, 1.82) is 0 Å². The molecule has 1 aromatic rings. The molecular weight excluding hydrogens is 495 g/mol. The summed E-state index contributed by atoms with van der Waals surface area (Å²) in [5.41, 5.74) is -0.179. The van der Waals surface area contributed by atoms with Gasteiger partial charge in [-0.2, -0.15) is 0 Å². The van der Waals surface area contributed by atoms with Crippen molar-refractivity contribution in [1.82, 2.24) is 0 Å². The van der Waals surface area contributed by atoms with E-state index in [-0.39, 0.29) is 25.7 Å². The topological polar surface area (TPSA) is 78.9 Å². The van der Waals surface area contributed by atoms with E-state index < -0.39 is 38.4 Å². The standard InChI is InChI=1S/C22H27Cl3O6Si/c1-8-18(26)29-13(2)17(31-32(6,7)22(3,4)5)9-10-19(27)30-21(28)20-15(24)11-14(23)12-16(20)25/h8-13,17H,1H2,2-7H3/b10-9+/t13-,17+/m0/s1. The van der Waals surface area contributed by atoms with Gasteiger partial charge < -0.3 is 13.9 Å². The van der Waals surface area contributed by atoms with Gasteiger partial charge in [0.15, 0.2) is 8.32 Å². The van der Waals surface area contributed by atoms with E-state index in [1.807, 2.05) is 33.9 Å². The van der Waals surface area contributed by atoms with Crippen LogP contribution in [0.2, 0.25) is 33.2 Å². The van der Waals surface area contributed by atoms with Gasteiger partial charge in [0.2, 0.25) is 0 Å². The third-order valence-electron chi connectivity index (χ3n) is 4.99. The fourth-order valence-corrected chi connectivity index (χ4v) is 4.47. The summed E-state index contributed by atoms with van der Waals surface area (Å²) in [6, 6.07) is 2.62. The smallest absolute Gasteiger partial charge is 0.349 e. The summed E-state index contributed by atoms with van der Waals surface area (Å²) in [4.78, 5) is 36.2. The predicted octanol–water partition coefficient (Wildman–Crippen LogP) is 6.39. The van der Waals surface area contributed by atoms with Crippen LogP contribution >= 0.6 is 34.8 Å². The molecule has 0 amide bonds. The number of carbonyl (C=O) groups excluding carboxylic acids is 3. The summed E-state index contributed by atoms with van der Waals surface area (Å²) >= 11 is 17.8. The highest BCUT2D eigenvalue weighted by Gasteiger charge is 2.40. The molecule has 1 rings (SSSR count). The Morgan fingerprint density at radius 3 is 2.06 bits per heavy atom. The van der Waals surface area contributed by atoms with E-state index in [9.17, 15) is 14.4 Å². The molecule has 0 saturated carbocycles. The second-order valence-electron chi connectivity index (χ2n) is 8.50. The first-order valence-corrected chi connectivity index (χ1v) is 13.7. The molecule has 1 aromatic carbocycles. The minimum Gasteiger partial charge on any atom is -0.456 e. The van der Waals surface area contributed by atoms with Gasteiger partial charge in [-0.3, -0.25) is 0 Å². The van der Waals surface area contributed by atoms with Crippen LogP contribution in [0, 0.1) is 0 Å². The maximum atomic E-state index is 12.3. The van der Waals surface area contributed by atoms with Crippen molar-refractivity contribution in [3.05, 3.63) is 57.6 Å². The molecule has 2 atom stereocenters. The fourth-order valence-electron chi connectivity index (χ4n) is 2.19. The molecule has 0 unspecified atom stereocenters. The Labute approximate surface area is 204 Å². The van der Waals surface area contributed by atoms with Gasteiger partial charge in [0.1, 0.15) is 12.2 Å². The Morgan fingerprint density at radius 2 is 1.59 bits per heavy atom. The average molecular weight is 522 g/mol. The van der Waals surface area contributed by atoms with Crippen molar-refractivity contribution in [3.63, 3.8) is 0 Å². The van der Waals surface area contributed by atoms with Crippen LogP contribution in [0.4, 0.5) is 0 Å². The molecule has 176 valence electrons. The number of benzene rings is 1. The van der Waals surface area contributed by atoms with Crippen LogP contribution in [0.5, 0.6) is 0 Å². The molecule has 0 heterocycles. The molecule has 0 saturated heterocycles. The van der Waals surface area contributed by atoms with Crippen LogP contribution in [-0.2, 0) is 23.5 Å². The van der Waals surface area contributed by atoms with Gasteiger partial charge in [0.05, 0.1) is 15.6 Å². The molecule has 0 aliphatic heterocycles. The molecule has 0 N–H and O–H groups in total. The lowest BCUT2D eigenvalue weighted by Crippen LogP contribution is -2.46. The molecule has 0 fully saturated rings. The number of ether oxygens (including phenoxy) is 2. The van der Waals surface area contributed by atoms with E-state index in [4.69, 9.17) is 48.7 Å². The molecule has 0 aliphatic carbocycles. The highest BCUT2D eigenvalue weighted by Crippen LogP contribution is 2.38. The summed E-state index contributed by atoms with van der Waals surface area (Å²) in [6.45, 7) is 15.2. The normalized spacial score (nSPS) is 14.0. The number of esters is 3. The Bertz CT molecular complexity index is 898. The lowest BCUT2D eigenvalue weighted by molar-refractivity contribution is -0.145. The summed E-state index contributed by atoms with van der Waals surface area (Å²) in [5.74, 6) is -2.62. The van der Waals surface area contributed by atoms with E-state index in [2.05, 4.69) is 6.58 Å². The van der Waals surface area contributed by atoms with Crippen molar-refractivity contribution in [2.45, 2.75) is 58.0 Å². The molecular formula is C22H27Cl3O6Si. The maximum Gasteiger partial charge on any atom is 0.349 e. The van der Waals surface area contributed by atoms with Crippen molar-refractivity contribution in [2.75, 3.05) is 0 Å². The van der Waals surface area contributed by atoms with Gasteiger partial charge in [-0.25, -0.2) is 14.4 Å². The number of halogens is 3. The maximum absolute atomic E-state index is 12.3. The summed E-state index contributed by atoms with van der Waals surface area (Å²) in [6.07, 6.45) is 1.98. The molecule has 0 aromatic heterocycles. The molecule has 10 heteroatoms. The average Bonchev–Trinajstić information content (AvgIpc) is 2.62. The van der Waals surface area contributed by atoms with Gasteiger partial charge >= 0.3 is 17.9 Å². The minimum absolute atomic E-state index is 0.0478. The lowest BCUT2D eigenvalue weighted by atomic mass is 10.2. The van der Waals surface area contributed by atoms with Gasteiger partial charge in [-0.1, -0.05) is 62.2 Å². The first-order chi connectivity index (χ1) is 14.6. The first-order valence-electron chi connectivity index (χ1n) is 9.68. The second-order valence-corrected chi connectivity index (χ2v) is 14.5. The van der Waals surface area contributed by atoms with E-state index in [1.165, 1.54) is 18.2 Å². The quantitative estimate of drug-likeness (QED) is 0.171. The van der Waals surface area contributed by atoms with Crippen LogP contribution in [-0.4, -0.2) is 38.4 Å². The monoisotopic (exact) mass is 520 g/mol. The van der Waals surface area contributed by atoms with E-state index in [1.54, 1.807) is 6.92 Å². The van der Waals surface area contributed by atoms with Crippen LogP contribution in [0.1, 0.15) is 38.1 Å². The van der Waals surface area contributed by atoms with Gasteiger partial charge in [-0.05, 0) is 43.3 Å². The molecule has 6 nitrogen and oxygen atoms in total. The van der Waals surface area contributed by atoms with E-state index >= 15 is 0 Å². The molecule has 32 heavy (non-hydrogen) atoms. The number of hydrogen-bond donors (Lipinski definition) is 0. The number of carbonyl (C=O) groups is 3. The minimum atomic E-state index is -2.30. The zero-order chi connectivity index (χ0) is 24.9. The third-order valence-corrected chi connectivity index (χ3v) is 10.3. The Morgan fingerprint density at radius 1 is 1.06 bits per heavy atom. The largest absolute Gasteiger partial charge is 0.456 e. The van der Waals surface area contributed by atoms with Crippen LogP contribution in [0.3, 0.4) is 0 Å². The highest BCUT2D eigenvalue weighted by atomic mass is 35.5. The molecule has 0 spiro atoms. The Balaban J connectivity index is 3.06. The van der Waals surface area contributed by atoms with Crippen molar-refractivity contribution in [2.24, 2.45) is 0 Å². The number of hydrogen-bond acceptors (Lipinski definition) is 6. The zero-order valence-corrected chi connectivity index (χ0v) is 22.1. The SMILES string of the molecule is C=CC(=O)O[C@@H](C)[C@@H](/C=C/C(=O)OC(=O)c1c(Cl)cc(Cl)cc1Cl)O[Si](C)(C)C(C)(C)C. The molecule has 0 aliphatic rings. The first kappa shape index (κ1) is 28.4. The summed E-state index contributed by atoms with van der Waals surface area (Å²) in [7, 11) is -2.30. The zero-order valence-electron chi connectivity index (χ0n) is 18.8. The van der Waals surface area contributed by atoms with Crippen molar-refractivity contribution < 1.29 is 28.3 Å². The van der Waals surface area contributed by atoms with Gasteiger partial charge in [0, 0.05) is 17.2 Å². The second kappa shape index (κ2) is 11.5. The Kier molecular flexibility index (Phi) is 10.2. The van der Waals surface area contributed by atoms with Crippen molar-refractivity contribution >= 4 is 61.0 Å².